The third-order valence-electron chi connectivity index (χ3n) is 1.76. The first-order chi connectivity index (χ1) is 6.16. The molecule has 4 heteroatoms. The Balaban J connectivity index is 2.85. The quantitative estimate of drug-likeness (QED) is 0.470. The van der Waals surface area contributed by atoms with Gasteiger partial charge in [0.1, 0.15) is 11.3 Å². The predicted molar refractivity (Wildman–Crippen MR) is 44.9 cm³/mol. The molecular weight excluding hydrogens is 172 g/mol. The Labute approximate surface area is 76.5 Å². The number of hydrogen-bond donors (Lipinski definition) is 0. The van der Waals surface area contributed by atoms with Crippen molar-refractivity contribution in [1.82, 2.24) is 0 Å². The molecule has 1 aliphatic rings. The SMILES string of the molecule is CCOC(=O)C1=C(C)OCCC1=O. The molecule has 0 fully saturated rings. The van der Waals surface area contributed by atoms with Gasteiger partial charge in [-0.15, -0.1) is 0 Å². The van der Waals surface area contributed by atoms with Gasteiger partial charge in [0.25, 0.3) is 0 Å². The van der Waals surface area contributed by atoms with Crippen LogP contribution in [0.1, 0.15) is 20.3 Å². The van der Waals surface area contributed by atoms with Crippen LogP contribution in [0.25, 0.3) is 0 Å². The van der Waals surface area contributed by atoms with Gasteiger partial charge < -0.3 is 9.47 Å². The summed E-state index contributed by atoms with van der Waals surface area (Å²) >= 11 is 0. The molecule has 0 saturated heterocycles. The monoisotopic (exact) mass is 184 g/mol. The van der Waals surface area contributed by atoms with Crippen molar-refractivity contribution in [3.05, 3.63) is 11.3 Å². The number of ketones is 1. The Kier molecular flexibility index (Phi) is 3.06. The summed E-state index contributed by atoms with van der Waals surface area (Å²) in [5.74, 6) is -0.401. The van der Waals surface area contributed by atoms with E-state index in [0.29, 0.717) is 12.4 Å². The van der Waals surface area contributed by atoms with Crippen LogP contribution in [0.15, 0.2) is 11.3 Å². The zero-order valence-electron chi connectivity index (χ0n) is 7.75. The van der Waals surface area contributed by atoms with E-state index >= 15 is 0 Å². The third kappa shape index (κ3) is 2.08. The maximum absolute atomic E-state index is 11.3. The number of esters is 1. The van der Waals surface area contributed by atoms with Crippen molar-refractivity contribution in [2.24, 2.45) is 0 Å². The molecule has 0 aromatic rings. The van der Waals surface area contributed by atoms with Crippen LogP contribution < -0.4 is 0 Å². The second kappa shape index (κ2) is 4.07. The lowest BCUT2D eigenvalue weighted by molar-refractivity contribution is -0.141. The summed E-state index contributed by atoms with van der Waals surface area (Å²) in [4.78, 5) is 22.5. The number of carbonyl (C=O) groups excluding carboxylic acids is 2. The minimum atomic E-state index is -0.579. The average Bonchev–Trinajstić information content (AvgIpc) is 2.04. The van der Waals surface area contributed by atoms with Gasteiger partial charge in [0.2, 0.25) is 0 Å². The molecular formula is C9H12O4. The highest BCUT2D eigenvalue weighted by atomic mass is 16.5. The lowest BCUT2D eigenvalue weighted by atomic mass is 10.1. The minimum absolute atomic E-state index is 0.0631. The Morgan fingerprint density at radius 2 is 2.31 bits per heavy atom. The minimum Gasteiger partial charge on any atom is -0.497 e. The fraction of sp³-hybridized carbons (Fsp3) is 0.556. The Bertz CT molecular complexity index is 265. The summed E-state index contributed by atoms with van der Waals surface area (Å²) in [6.07, 6.45) is 0.255. The van der Waals surface area contributed by atoms with Crippen LogP contribution in [-0.4, -0.2) is 25.0 Å². The van der Waals surface area contributed by atoms with Crippen molar-refractivity contribution < 1.29 is 19.1 Å². The second-order valence-electron chi connectivity index (χ2n) is 2.67. The molecule has 0 unspecified atom stereocenters. The normalized spacial score (nSPS) is 16.9. The zero-order valence-corrected chi connectivity index (χ0v) is 7.75. The van der Waals surface area contributed by atoms with Crippen LogP contribution in [0.5, 0.6) is 0 Å². The smallest absolute Gasteiger partial charge is 0.345 e. The summed E-state index contributed by atoms with van der Waals surface area (Å²) in [6, 6.07) is 0. The first-order valence-electron chi connectivity index (χ1n) is 4.20. The van der Waals surface area contributed by atoms with Crippen LogP contribution in [-0.2, 0) is 19.1 Å². The van der Waals surface area contributed by atoms with Crippen molar-refractivity contribution in [3.8, 4) is 0 Å². The summed E-state index contributed by atoms with van der Waals surface area (Å²) in [5, 5.41) is 0. The van der Waals surface area contributed by atoms with Crippen LogP contribution in [0, 0.1) is 0 Å². The Morgan fingerprint density at radius 3 is 2.85 bits per heavy atom. The molecule has 0 saturated carbocycles. The molecule has 1 heterocycles. The van der Waals surface area contributed by atoms with Crippen LogP contribution in [0.3, 0.4) is 0 Å². The average molecular weight is 184 g/mol. The van der Waals surface area contributed by atoms with E-state index in [1.165, 1.54) is 0 Å². The maximum Gasteiger partial charge on any atom is 0.345 e. The largest absolute Gasteiger partial charge is 0.497 e. The molecule has 4 nitrogen and oxygen atoms in total. The summed E-state index contributed by atoms with van der Waals surface area (Å²) < 4.78 is 9.81. The number of rotatable bonds is 2. The molecule has 0 amide bonds. The fourth-order valence-corrected chi connectivity index (χ4v) is 1.15. The highest BCUT2D eigenvalue weighted by Gasteiger charge is 2.26. The van der Waals surface area contributed by atoms with Gasteiger partial charge in [-0.25, -0.2) is 4.79 Å². The summed E-state index contributed by atoms with van der Waals surface area (Å²) in [7, 11) is 0. The van der Waals surface area contributed by atoms with E-state index in [2.05, 4.69) is 0 Å². The molecule has 0 atom stereocenters. The van der Waals surface area contributed by atoms with Gasteiger partial charge >= 0.3 is 5.97 Å². The van der Waals surface area contributed by atoms with E-state index in [-0.39, 0.29) is 24.4 Å². The fourth-order valence-electron chi connectivity index (χ4n) is 1.15. The Hall–Kier alpha value is -1.32. The molecule has 0 N–H and O–H groups in total. The topological polar surface area (TPSA) is 52.6 Å². The van der Waals surface area contributed by atoms with Crippen molar-refractivity contribution >= 4 is 11.8 Å². The summed E-state index contributed by atoms with van der Waals surface area (Å²) in [6.45, 7) is 3.92. The van der Waals surface area contributed by atoms with Crippen molar-refractivity contribution in [2.75, 3.05) is 13.2 Å². The summed E-state index contributed by atoms with van der Waals surface area (Å²) in [5.41, 5.74) is 0.0631. The molecule has 13 heavy (non-hydrogen) atoms. The van der Waals surface area contributed by atoms with E-state index in [0.717, 1.165) is 0 Å². The third-order valence-corrected chi connectivity index (χ3v) is 1.76. The van der Waals surface area contributed by atoms with Gasteiger partial charge in [-0.3, -0.25) is 4.79 Å². The predicted octanol–water partition coefficient (Wildman–Crippen LogP) is 0.813. The van der Waals surface area contributed by atoms with Crippen LogP contribution in [0.2, 0.25) is 0 Å². The molecule has 1 aliphatic heterocycles. The Morgan fingerprint density at radius 1 is 1.62 bits per heavy atom. The zero-order chi connectivity index (χ0) is 9.84. The standard InChI is InChI=1S/C9H12O4/c1-3-12-9(11)8-6(2)13-5-4-7(8)10/h3-5H2,1-2H3. The van der Waals surface area contributed by atoms with Gasteiger partial charge in [0.15, 0.2) is 5.78 Å². The number of allylic oxidation sites excluding steroid dienone is 1. The number of Topliss-reactive ketones (excluding diaryl/α,β-unsaturated/α-hetero) is 1. The lowest BCUT2D eigenvalue weighted by Gasteiger charge is -2.16. The van der Waals surface area contributed by atoms with E-state index in [4.69, 9.17) is 9.47 Å². The van der Waals surface area contributed by atoms with Gasteiger partial charge in [0, 0.05) is 6.42 Å². The molecule has 0 bridgehead atoms. The van der Waals surface area contributed by atoms with E-state index in [1.807, 2.05) is 0 Å². The molecule has 0 aromatic heterocycles. The van der Waals surface area contributed by atoms with E-state index in [9.17, 15) is 9.59 Å². The van der Waals surface area contributed by atoms with Crippen LogP contribution in [0.4, 0.5) is 0 Å². The molecule has 0 aromatic carbocycles. The van der Waals surface area contributed by atoms with Gasteiger partial charge in [-0.2, -0.15) is 0 Å². The second-order valence-corrected chi connectivity index (χ2v) is 2.67. The van der Waals surface area contributed by atoms with Gasteiger partial charge in [-0.1, -0.05) is 0 Å². The van der Waals surface area contributed by atoms with Gasteiger partial charge in [-0.05, 0) is 13.8 Å². The van der Waals surface area contributed by atoms with Crippen molar-refractivity contribution in [2.45, 2.75) is 20.3 Å². The number of carbonyl (C=O) groups is 2. The molecule has 1 rings (SSSR count). The van der Waals surface area contributed by atoms with Crippen molar-refractivity contribution in [3.63, 3.8) is 0 Å². The molecule has 0 spiro atoms. The number of ether oxygens (including phenoxy) is 2. The number of hydrogen-bond acceptors (Lipinski definition) is 4. The highest BCUT2D eigenvalue weighted by molar-refractivity contribution is 6.18. The molecule has 0 aliphatic carbocycles. The first-order valence-corrected chi connectivity index (χ1v) is 4.20. The maximum atomic E-state index is 11.3. The first kappa shape index (κ1) is 9.77. The van der Waals surface area contributed by atoms with Gasteiger partial charge in [0.05, 0.1) is 13.2 Å². The van der Waals surface area contributed by atoms with Crippen molar-refractivity contribution in [1.29, 1.82) is 0 Å². The molecule has 0 radical (unpaired) electrons. The molecule has 72 valence electrons. The van der Waals surface area contributed by atoms with Crippen LogP contribution >= 0.6 is 0 Å². The van der Waals surface area contributed by atoms with E-state index in [1.54, 1.807) is 13.8 Å². The highest BCUT2D eigenvalue weighted by Crippen LogP contribution is 2.16. The lowest BCUT2D eigenvalue weighted by Crippen LogP contribution is -2.23. The van der Waals surface area contributed by atoms with E-state index < -0.39 is 5.97 Å².